The van der Waals surface area contributed by atoms with Gasteiger partial charge in [-0.3, -0.25) is 0 Å². The van der Waals surface area contributed by atoms with Gasteiger partial charge in [-0.05, 0) is 102 Å². The van der Waals surface area contributed by atoms with Crippen molar-refractivity contribution in [1.29, 1.82) is 0 Å². The van der Waals surface area contributed by atoms with Crippen LogP contribution in [-0.4, -0.2) is 25.3 Å². The number of hydrogen-bond donors (Lipinski definition) is 0. The van der Waals surface area contributed by atoms with E-state index >= 15 is 0 Å². The SMILES string of the molecule is c1ccc([Si](c2ccccc2)(c2cccc(-n3c4ccccc4c4c(-n5c6ccccc6c6c([Si](c7ccccc7)(c7ccccc7)c7cccc8c7oc7ccccc78)cccc65)cccc43)c2)c2ccc3oc4ccccc4c3c2)cc1. The molecule has 0 aliphatic rings. The van der Waals surface area contributed by atoms with Crippen LogP contribution in [-0.2, 0) is 0 Å². The first-order valence-corrected chi connectivity index (χ1v) is 32.9. The summed E-state index contributed by atoms with van der Waals surface area (Å²) in [5, 5.41) is 19.7. The van der Waals surface area contributed by atoms with E-state index < -0.39 is 16.1 Å². The van der Waals surface area contributed by atoms with Gasteiger partial charge >= 0.3 is 0 Å². The van der Waals surface area contributed by atoms with Crippen molar-refractivity contribution in [2.45, 2.75) is 0 Å². The zero-order valence-corrected chi connectivity index (χ0v) is 47.7. The van der Waals surface area contributed by atoms with E-state index in [1.165, 1.54) is 63.0 Å². The average Bonchev–Trinajstić information content (AvgIpc) is 1.53. The molecule has 0 atom stereocenters. The van der Waals surface area contributed by atoms with Crippen LogP contribution in [0, 0.1) is 0 Å². The van der Waals surface area contributed by atoms with Crippen LogP contribution in [0.5, 0.6) is 0 Å². The summed E-state index contributed by atoms with van der Waals surface area (Å²) >= 11 is 0. The maximum atomic E-state index is 7.10. The van der Waals surface area contributed by atoms with Crippen molar-refractivity contribution in [3.8, 4) is 11.4 Å². The zero-order valence-electron chi connectivity index (χ0n) is 45.7. The van der Waals surface area contributed by atoms with Crippen molar-refractivity contribution < 1.29 is 8.83 Å². The number of furan rings is 2. The molecule has 0 bridgehead atoms. The molecule has 0 amide bonds. The fraction of sp³-hybridized carbons (Fsp3) is 0. The third-order valence-corrected chi connectivity index (χ3v) is 27.6. The summed E-state index contributed by atoms with van der Waals surface area (Å²) in [4.78, 5) is 0. The van der Waals surface area contributed by atoms with Crippen molar-refractivity contribution in [2.24, 2.45) is 0 Å². The Balaban J connectivity index is 0.932. The maximum Gasteiger partial charge on any atom is 0.184 e. The van der Waals surface area contributed by atoms with Gasteiger partial charge in [0.1, 0.15) is 22.3 Å². The lowest BCUT2D eigenvalue weighted by molar-refractivity contribution is 0.669. The van der Waals surface area contributed by atoms with Gasteiger partial charge in [-0.1, -0.05) is 255 Å². The van der Waals surface area contributed by atoms with E-state index in [4.69, 9.17) is 8.83 Å². The largest absolute Gasteiger partial charge is 0.456 e. The van der Waals surface area contributed by atoms with Crippen LogP contribution < -0.4 is 41.5 Å². The van der Waals surface area contributed by atoms with E-state index in [1.807, 2.05) is 0 Å². The Bertz CT molecular complexity index is 5310. The summed E-state index contributed by atoms with van der Waals surface area (Å²) in [7, 11) is -6.32. The Hall–Kier alpha value is -10.5. The minimum atomic E-state index is -3.26. The van der Waals surface area contributed by atoms with Crippen molar-refractivity contribution in [3.05, 3.63) is 315 Å². The molecule has 6 heteroatoms. The lowest BCUT2D eigenvalue weighted by atomic mass is 10.1. The second-order valence-corrected chi connectivity index (χ2v) is 29.7. The summed E-state index contributed by atoms with van der Waals surface area (Å²) in [6, 6.07) is 117. The molecule has 0 unspecified atom stereocenters. The molecule has 17 rings (SSSR count). The first-order chi connectivity index (χ1) is 41.7. The van der Waals surface area contributed by atoms with Crippen LogP contribution in [0.4, 0.5) is 0 Å². The van der Waals surface area contributed by atoms with Gasteiger partial charge in [0, 0.05) is 48.8 Å². The summed E-state index contributed by atoms with van der Waals surface area (Å²) in [6.45, 7) is 0. The highest BCUT2D eigenvalue weighted by Crippen LogP contribution is 2.41. The second kappa shape index (κ2) is 19.0. The number of rotatable bonds is 10. The molecule has 0 saturated carbocycles. The molecule has 84 heavy (non-hydrogen) atoms. The van der Waals surface area contributed by atoms with Crippen LogP contribution in [0.25, 0.3) is 98.9 Å². The number of aromatic nitrogens is 2. The normalized spacial score (nSPS) is 12.3. The third-order valence-electron chi connectivity index (χ3n) is 18.0. The Morgan fingerprint density at radius 1 is 0.238 bits per heavy atom. The minimum Gasteiger partial charge on any atom is -0.456 e. The molecule has 0 aliphatic carbocycles. The predicted molar refractivity (Wildman–Crippen MR) is 357 cm³/mol. The monoisotopic (exact) mass is 1100 g/mol. The molecule has 0 aliphatic heterocycles. The van der Waals surface area contributed by atoms with Gasteiger partial charge < -0.3 is 18.0 Å². The highest BCUT2D eigenvalue weighted by molar-refractivity contribution is 7.22. The zero-order chi connectivity index (χ0) is 55.3. The van der Waals surface area contributed by atoms with Gasteiger partial charge in [0.15, 0.2) is 16.1 Å². The lowest BCUT2D eigenvalue weighted by Gasteiger charge is -2.35. The summed E-state index contributed by atoms with van der Waals surface area (Å²) in [6.07, 6.45) is 0. The molecular formula is C78H52N2O2Si2. The molecule has 0 fully saturated rings. The van der Waals surface area contributed by atoms with Crippen molar-refractivity contribution in [2.75, 3.05) is 0 Å². The standard InChI is InChI=1S/C78H52N2O2Si2/c1-5-26-54(27-6-1)83(55-28-7-2-8-29-55,59-49-50-73-65(52-59)61-36-16-19-45-71(61)81-73)58-34-21-25-53(51-58)79-66-40-17-13-37-63(66)76-68(79)42-23-43-69(76)80-67-41-18-14-38-64(67)77-70(80)44-24-47-74(77)84(56-30-9-3-10-31-56,57-32-11-4-12-33-57)75-48-22-39-62-60-35-15-20-46-72(60)82-78(62)75/h1-52H. The fourth-order valence-electron chi connectivity index (χ4n) is 14.6. The van der Waals surface area contributed by atoms with Crippen molar-refractivity contribution in [1.82, 2.24) is 9.13 Å². The number of benzene rings is 13. The van der Waals surface area contributed by atoms with Crippen LogP contribution in [0.1, 0.15) is 0 Å². The summed E-state index contributed by atoms with van der Waals surface area (Å²) in [5.74, 6) is 0. The van der Waals surface area contributed by atoms with Crippen LogP contribution in [0.2, 0.25) is 0 Å². The molecule has 17 aromatic rings. The molecule has 0 radical (unpaired) electrons. The molecule has 0 spiro atoms. The smallest absolute Gasteiger partial charge is 0.184 e. The minimum absolute atomic E-state index is 0.896. The van der Waals surface area contributed by atoms with Crippen molar-refractivity contribution in [3.63, 3.8) is 0 Å². The van der Waals surface area contributed by atoms with Gasteiger partial charge in [0.05, 0.1) is 27.8 Å². The van der Waals surface area contributed by atoms with E-state index in [0.29, 0.717) is 0 Å². The molecule has 0 saturated heterocycles. The van der Waals surface area contributed by atoms with E-state index in [-0.39, 0.29) is 0 Å². The Morgan fingerprint density at radius 2 is 0.667 bits per heavy atom. The molecule has 4 heterocycles. The summed E-state index contributed by atoms with van der Waals surface area (Å²) in [5.41, 5.74) is 10.5. The quantitative estimate of drug-likeness (QED) is 0.101. The van der Waals surface area contributed by atoms with Crippen LogP contribution in [0.3, 0.4) is 0 Å². The molecule has 4 aromatic heterocycles. The number of fused-ring (bicyclic) bond motifs is 12. The van der Waals surface area contributed by atoms with Gasteiger partial charge in [0.2, 0.25) is 0 Å². The van der Waals surface area contributed by atoms with E-state index in [0.717, 1.165) is 77.3 Å². The lowest BCUT2D eigenvalue weighted by Crippen LogP contribution is -2.75. The maximum absolute atomic E-state index is 7.10. The fourth-order valence-corrected chi connectivity index (χ4v) is 24.5. The molecular weight excluding hydrogens is 1050 g/mol. The predicted octanol–water partition coefficient (Wildman–Crippen LogP) is 14.4. The highest BCUT2D eigenvalue weighted by Gasteiger charge is 2.46. The number of para-hydroxylation sites is 5. The Labute approximate surface area is 487 Å². The van der Waals surface area contributed by atoms with E-state index in [2.05, 4.69) is 325 Å². The van der Waals surface area contributed by atoms with Gasteiger partial charge in [-0.25, -0.2) is 0 Å². The average molecular weight is 1110 g/mol. The summed E-state index contributed by atoms with van der Waals surface area (Å²) < 4.78 is 18.6. The molecule has 0 N–H and O–H groups in total. The number of hydrogen-bond acceptors (Lipinski definition) is 2. The first-order valence-electron chi connectivity index (χ1n) is 28.9. The van der Waals surface area contributed by atoms with Gasteiger partial charge in [0.25, 0.3) is 0 Å². The first kappa shape index (κ1) is 48.2. The highest BCUT2D eigenvalue weighted by atomic mass is 28.3. The van der Waals surface area contributed by atoms with Gasteiger partial charge in [-0.2, -0.15) is 0 Å². The third kappa shape index (κ3) is 6.93. The molecule has 394 valence electrons. The van der Waals surface area contributed by atoms with Crippen LogP contribution >= 0.6 is 0 Å². The number of nitrogens with zero attached hydrogens (tertiary/aromatic N) is 2. The van der Waals surface area contributed by atoms with Crippen LogP contribution in [0.15, 0.2) is 324 Å². The van der Waals surface area contributed by atoms with Gasteiger partial charge in [-0.15, -0.1) is 0 Å². The van der Waals surface area contributed by atoms with Crippen molar-refractivity contribution >= 4 is 145 Å². The van der Waals surface area contributed by atoms with E-state index in [9.17, 15) is 0 Å². The topological polar surface area (TPSA) is 36.1 Å². The Kier molecular flexibility index (Phi) is 10.9. The molecule has 4 nitrogen and oxygen atoms in total. The second-order valence-electron chi connectivity index (χ2n) is 22.2. The molecule has 13 aromatic carbocycles. The van der Waals surface area contributed by atoms with E-state index in [1.54, 1.807) is 0 Å². The Morgan fingerprint density at radius 3 is 1.32 bits per heavy atom.